The highest BCUT2D eigenvalue weighted by Gasteiger charge is 2.16. The maximum absolute atomic E-state index is 12.6. The molecule has 8 nitrogen and oxygen atoms in total. The van der Waals surface area contributed by atoms with Crippen molar-refractivity contribution in [1.82, 2.24) is 0 Å². The molecular formula is C20H23N3O5. The minimum atomic E-state index is -0.542. The second kappa shape index (κ2) is 9.50. The van der Waals surface area contributed by atoms with Crippen LogP contribution in [0.15, 0.2) is 42.5 Å². The zero-order valence-corrected chi connectivity index (χ0v) is 16.0. The molecule has 0 spiro atoms. The molecule has 2 rings (SSSR count). The molecule has 0 aliphatic rings. The van der Waals surface area contributed by atoms with Gasteiger partial charge in [0.25, 0.3) is 11.6 Å². The van der Waals surface area contributed by atoms with Crippen LogP contribution >= 0.6 is 0 Å². The highest BCUT2D eigenvalue weighted by molar-refractivity contribution is 6.06. The van der Waals surface area contributed by atoms with E-state index in [1.807, 2.05) is 13.8 Å². The number of nitro benzene ring substituents is 1. The van der Waals surface area contributed by atoms with E-state index >= 15 is 0 Å². The lowest BCUT2D eigenvalue weighted by Gasteiger charge is -2.14. The summed E-state index contributed by atoms with van der Waals surface area (Å²) in [6.45, 7) is 3.91. The maximum atomic E-state index is 12.6. The summed E-state index contributed by atoms with van der Waals surface area (Å²) in [5.41, 5.74) is 1.04. The number of anilines is 2. The fraction of sp³-hybridized carbons (Fsp3) is 0.300. The minimum absolute atomic E-state index is 0.0816. The third-order valence-electron chi connectivity index (χ3n) is 4.39. The Labute approximate surface area is 163 Å². The first-order valence-corrected chi connectivity index (χ1v) is 8.94. The number of nitrogens with one attached hydrogen (secondary N) is 2. The number of carbonyl (C=O) groups excluding carboxylic acids is 2. The molecule has 0 fully saturated rings. The molecule has 2 aromatic carbocycles. The van der Waals surface area contributed by atoms with Gasteiger partial charge in [-0.1, -0.05) is 19.9 Å². The van der Waals surface area contributed by atoms with Crippen LogP contribution < -0.4 is 15.4 Å². The van der Waals surface area contributed by atoms with Crippen LogP contribution in [-0.4, -0.2) is 23.8 Å². The van der Waals surface area contributed by atoms with E-state index in [-0.39, 0.29) is 23.3 Å². The average molecular weight is 385 g/mol. The highest BCUT2D eigenvalue weighted by Crippen LogP contribution is 2.29. The summed E-state index contributed by atoms with van der Waals surface area (Å²) in [6, 6.07) is 10.5. The van der Waals surface area contributed by atoms with Gasteiger partial charge in [-0.15, -0.1) is 0 Å². The predicted octanol–water partition coefficient (Wildman–Crippen LogP) is 4.23. The number of nitro groups is 1. The van der Waals surface area contributed by atoms with Crippen molar-refractivity contribution in [1.29, 1.82) is 0 Å². The zero-order valence-electron chi connectivity index (χ0n) is 16.0. The van der Waals surface area contributed by atoms with E-state index in [1.54, 1.807) is 24.3 Å². The van der Waals surface area contributed by atoms with Gasteiger partial charge in [0, 0.05) is 23.2 Å². The molecule has 2 amide bonds. The number of rotatable bonds is 8. The molecule has 0 unspecified atom stereocenters. The third-order valence-corrected chi connectivity index (χ3v) is 4.39. The smallest absolute Gasteiger partial charge is 0.273 e. The topological polar surface area (TPSA) is 111 Å². The Morgan fingerprint density at radius 2 is 1.82 bits per heavy atom. The van der Waals surface area contributed by atoms with Crippen molar-refractivity contribution in [2.24, 2.45) is 5.92 Å². The van der Waals surface area contributed by atoms with Crippen molar-refractivity contribution >= 4 is 28.9 Å². The number of benzene rings is 2. The van der Waals surface area contributed by atoms with Crippen molar-refractivity contribution in [3.63, 3.8) is 0 Å². The van der Waals surface area contributed by atoms with Gasteiger partial charge in [-0.2, -0.15) is 0 Å². The van der Waals surface area contributed by atoms with E-state index in [4.69, 9.17) is 4.74 Å². The lowest BCUT2D eigenvalue weighted by molar-refractivity contribution is -0.384. The summed E-state index contributed by atoms with van der Waals surface area (Å²) in [4.78, 5) is 35.1. The standard InChI is InChI=1S/C20H23N3O5/c1-4-13(5-2)19(24)21-15-8-6-7-14(11-15)20(25)22-17-10-9-16(23(26)27)12-18(17)28-3/h6-13H,4-5H2,1-3H3,(H,21,24)(H,22,25). The lowest BCUT2D eigenvalue weighted by Crippen LogP contribution is -2.22. The molecule has 148 valence electrons. The Morgan fingerprint density at radius 1 is 1.11 bits per heavy atom. The van der Waals surface area contributed by atoms with E-state index < -0.39 is 10.8 Å². The Morgan fingerprint density at radius 3 is 2.43 bits per heavy atom. The summed E-state index contributed by atoms with van der Waals surface area (Å²) in [7, 11) is 1.36. The molecule has 0 heterocycles. The number of nitrogens with zero attached hydrogens (tertiary/aromatic N) is 1. The molecule has 2 N–H and O–H groups in total. The first-order valence-electron chi connectivity index (χ1n) is 8.94. The monoisotopic (exact) mass is 385 g/mol. The molecule has 0 atom stereocenters. The second-order valence-electron chi connectivity index (χ2n) is 6.18. The van der Waals surface area contributed by atoms with Crippen molar-refractivity contribution in [2.75, 3.05) is 17.7 Å². The Balaban J connectivity index is 2.17. The van der Waals surface area contributed by atoms with Gasteiger partial charge in [-0.25, -0.2) is 0 Å². The van der Waals surface area contributed by atoms with Gasteiger partial charge in [0.2, 0.25) is 5.91 Å². The Kier molecular flexibility index (Phi) is 7.08. The Bertz CT molecular complexity index is 878. The molecule has 0 radical (unpaired) electrons. The van der Waals surface area contributed by atoms with Gasteiger partial charge in [-0.05, 0) is 37.1 Å². The van der Waals surface area contributed by atoms with E-state index in [2.05, 4.69) is 10.6 Å². The fourth-order valence-electron chi connectivity index (χ4n) is 2.73. The van der Waals surface area contributed by atoms with Crippen molar-refractivity contribution in [3.8, 4) is 5.75 Å². The van der Waals surface area contributed by atoms with Crippen LogP contribution in [0.5, 0.6) is 5.75 Å². The summed E-state index contributed by atoms with van der Waals surface area (Å²) < 4.78 is 5.12. The van der Waals surface area contributed by atoms with Gasteiger partial charge >= 0.3 is 0 Å². The highest BCUT2D eigenvalue weighted by atomic mass is 16.6. The number of ether oxygens (including phenoxy) is 1. The van der Waals surface area contributed by atoms with E-state index in [0.717, 1.165) is 12.8 Å². The fourth-order valence-corrected chi connectivity index (χ4v) is 2.73. The van der Waals surface area contributed by atoms with Crippen LogP contribution in [0.4, 0.5) is 17.1 Å². The number of carbonyl (C=O) groups is 2. The number of non-ortho nitro benzene ring substituents is 1. The van der Waals surface area contributed by atoms with Gasteiger partial charge < -0.3 is 15.4 Å². The summed E-state index contributed by atoms with van der Waals surface area (Å²) in [6.07, 6.45) is 1.48. The van der Waals surface area contributed by atoms with Gasteiger partial charge in [0.15, 0.2) is 0 Å². The van der Waals surface area contributed by atoms with Crippen LogP contribution in [0.25, 0.3) is 0 Å². The molecule has 28 heavy (non-hydrogen) atoms. The van der Waals surface area contributed by atoms with Gasteiger partial charge in [0.1, 0.15) is 5.75 Å². The van der Waals surface area contributed by atoms with Crippen molar-refractivity contribution in [2.45, 2.75) is 26.7 Å². The number of hydrogen-bond acceptors (Lipinski definition) is 5. The minimum Gasteiger partial charge on any atom is -0.494 e. The largest absolute Gasteiger partial charge is 0.494 e. The maximum Gasteiger partial charge on any atom is 0.273 e. The van der Waals surface area contributed by atoms with Crippen LogP contribution in [0.2, 0.25) is 0 Å². The molecule has 0 bridgehead atoms. The lowest BCUT2D eigenvalue weighted by atomic mass is 10.0. The Hall–Kier alpha value is -3.42. The SMILES string of the molecule is CCC(CC)C(=O)Nc1cccc(C(=O)Nc2ccc([N+](=O)[O-])cc2OC)c1. The summed E-state index contributed by atoms with van der Waals surface area (Å²) >= 11 is 0. The van der Waals surface area contributed by atoms with E-state index in [1.165, 1.54) is 25.3 Å². The van der Waals surface area contributed by atoms with Crippen LogP contribution in [0, 0.1) is 16.0 Å². The second-order valence-corrected chi connectivity index (χ2v) is 6.18. The van der Waals surface area contributed by atoms with Crippen LogP contribution in [-0.2, 0) is 4.79 Å². The molecule has 0 aromatic heterocycles. The first-order chi connectivity index (χ1) is 13.4. The normalized spacial score (nSPS) is 10.4. The number of methoxy groups -OCH3 is 1. The quantitative estimate of drug-likeness (QED) is 0.522. The molecule has 0 saturated carbocycles. The van der Waals surface area contributed by atoms with Crippen LogP contribution in [0.1, 0.15) is 37.0 Å². The average Bonchev–Trinajstić information content (AvgIpc) is 2.69. The molecule has 8 heteroatoms. The molecule has 0 saturated heterocycles. The van der Waals surface area contributed by atoms with Gasteiger partial charge in [-0.3, -0.25) is 19.7 Å². The van der Waals surface area contributed by atoms with Crippen molar-refractivity contribution in [3.05, 3.63) is 58.1 Å². The van der Waals surface area contributed by atoms with Crippen molar-refractivity contribution < 1.29 is 19.2 Å². The third kappa shape index (κ3) is 5.06. The number of hydrogen-bond donors (Lipinski definition) is 2. The summed E-state index contributed by atoms with van der Waals surface area (Å²) in [5, 5.41) is 16.4. The van der Waals surface area contributed by atoms with E-state index in [9.17, 15) is 19.7 Å². The molecular weight excluding hydrogens is 362 g/mol. The van der Waals surface area contributed by atoms with Crippen LogP contribution in [0.3, 0.4) is 0 Å². The molecule has 0 aliphatic heterocycles. The first kappa shape index (κ1) is 20.9. The zero-order chi connectivity index (χ0) is 20.7. The molecule has 0 aliphatic carbocycles. The molecule has 2 aromatic rings. The van der Waals surface area contributed by atoms with E-state index in [0.29, 0.717) is 16.9 Å². The predicted molar refractivity (Wildman–Crippen MR) is 107 cm³/mol. The summed E-state index contributed by atoms with van der Waals surface area (Å²) in [5.74, 6) is -0.409. The number of amides is 2. The van der Waals surface area contributed by atoms with Gasteiger partial charge in [0.05, 0.1) is 23.8 Å².